The van der Waals surface area contributed by atoms with Crippen LogP contribution in [0.3, 0.4) is 0 Å². The van der Waals surface area contributed by atoms with Gasteiger partial charge in [0.1, 0.15) is 18.1 Å². The fraction of sp³-hybridized carbons (Fsp3) is 0.375. The number of carbonyl (C=O) groups excluding carboxylic acids is 1. The van der Waals surface area contributed by atoms with Crippen molar-refractivity contribution in [2.45, 2.75) is 6.42 Å². The minimum atomic E-state index is -0.217. The lowest BCUT2D eigenvalue weighted by molar-refractivity contribution is 0.102. The molecular weight excluding hydrogens is 312 g/mol. The number of hydrogen-bond donors (Lipinski definition) is 2. The molecule has 0 unspecified atom stereocenters. The minimum absolute atomic E-state index is 0.217. The summed E-state index contributed by atoms with van der Waals surface area (Å²) in [5, 5.41) is 5.45. The Balaban J connectivity index is 1.88. The maximum absolute atomic E-state index is 12.1. The molecule has 0 saturated carbocycles. The molecule has 1 amide bonds. The molecular formula is C16H22N4O2S. The van der Waals surface area contributed by atoms with E-state index in [-0.39, 0.29) is 5.91 Å². The van der Waals surface area contributed by atoms with Crippen molar-refractivity contribution in [3.05, 3.63) is 40.3 Å². The molecule has 1 heterocycles. The Kier molecular flexibility index (Phi) is 6.52. The van der Waals surface area contributed by atoms with E-state index in [0.29, 0.717) is 31.0 Å². The molecule has 6 nitrogen and oxygen atoms in total. The van der Waals surface area contributed by atoms with Crippen LogP contribution in [0.15, 0.2) is 29.6 Å². The fourth-order valence-corrected chi connectivity index (χ4v) is 2.62. The number of amides is 1. The van der Waals surface area contributed by atoms with Crippen LogP contribution < -0.4 is 15.8 Å². The summed E-state index contributed by atoms with van der Waals surface area (Å²) >= 11 is 1.45. The number of benzene rings is 1. The van der Waals surface area contributed by atoms with Gasteiger partial charge in [0.15, 0.2) is 0 Å². The molecule has 0 aliphatic rings. The highest BCUT2D eigenvalue weighted by molar-refractivity contribution is 7.09. The average molecular weight is 334 g/mol. The Labute approximate surface area is 140 Å². The van der Waals surface area contributed by atoms with Crippen molar-refractivity contribution in [3.8, 4) is 5.75 Å². The van der Waals surface area contributed by atoms with Crippen LogP contribution in [-0.4, -0.2) is 49.6 Å². The summed E-state index contributed by atoms with van der Waals surface area (Å²) in [6, 6.07) is 7.31. The number of hydrogen-bond acceptors (Lipinski definition) is 6. The number of aromatic nitrogens is 1. The second-order valence-electron chi connectivity index (χ2n) is 5.30. The Bertz CT molecular complexity index is 625. The van der Waals surface area contributed by atoms with E-state index in [1.54, 1.807) is 5.38 Å². The SMILES string of the molecule is CN(C)CCOc1ccc(NC(=O)c2csc(CCN)n2)cc1. The molecule has 0 saturated heterocycles. The number of likely N-dealkylation sites (N-methyl/N-ethyl adjacent to an activating group) is 1. The summed E-state index contributed by atoms with van der Waals surface area (Å²) in [4.78, 5) is 18.5. The quantitative estimate of drug-likeness (QED) is 0.770. The average Bonchev–Trinajstić information content (AvgIpc) is 2.98. The highest BCUT2D eigenvalue weighted by atomic mass is 32.1. The topological polar surface area (TPSA) is 80.5 Å². The molecule has 0 spiro atoms. The zero-order valence-electron chi connectivity index (χ0n) is 13.4. The van der Waals surface area contributed by atoms with Crippen LogP contribution in [0.2, 0.25) is 0 Å². The van der Waals surface area contributed by atoms with Gasteiger partial charge in [-0.2, -0.15) is 0 Å². The molecule has 0 bridgehead atoms. The van der Waals surface area contributed by atoms with Crippen LogP contribution in [0.4, 0.5) is 5.69 Å². The van der Waals surface area contributed by atoms with Crippen molar-refractivity contribution < 1.29 is 9.53 Å². The van der Waals surface area contributed by atoms with E-state index in [2.05, 4.69) is 15.2 Å². The number of nitrogens with one attached hydrogen (secondary N) is 1. The van der Waals surface area contributed by atoms with Crippen molar-refractivity contribution >= 4 is 22.9 Å². The van der Waals surface area contributed by atoms with Gasteiger partial charge in [0.25, 0.3) is 5.91 Å². The number of thiazole rings is 1. The highest BCUT2D eigenvalue weighted by Crippen LogP contribution is 2.17. The molecule has 7 heteroatoms. The summed E-state index contributed by atoms with van der Waals surface area (Å²) in [6.45, 7) is 2.01. The van der Waals surface area contributed by atoms with Crippen molar-refractivity contribution in [2.24, 2.45) is 5.73 Å². The smallest absolute Gasteiger partial charge is 0.275 e. The first-order chi connectivity index (χ1) is 11.1. The van der Waals surface area contributed by atoms with Gasteiger partial charge in [0.05, 0.1) is 5.01 Å². The predicted molar refractivity (Wildman–Crippen MR) is 93.3 cm³/mol. The molecule has 0 fully saturated rings. The molecule has 3 N–H and O–H groups in total. The standard InChI is InChI=1S/C16H22N4O2S/c1-20(2)9-10-22-13-5-3-12(4-6-13)18-16(21)14-11-23-15(19-14)7-8-17/h3-6,11H,7-10,17H2,1-2H3,(H,18,21). The molecule has 0 radical (unpaired) electrons. The molecule has 0 aliphatic heterocycles. The van der Waals surface area contributed by atoms with Gasteiger partial charge in [-0.05, 0) is 44.9 Å². The van der Waals surface area contributed by atoms with E-state index in [1.807, 2.05) is 38.4 Å². The number of rotatable bonds is 8. The summed E-state index contributed by atoms with van der Waals surface area (Å²) in [5.74, 6) is 0.564. The number of nitrogens with two attached hydrogens (primary N) is 1. The maximum Gasteiger partial charge on any atom is 0.275 e. The molecule has 124 valence electrons. The van der Waals surface area contributed by atoms with Crippen LogP contribution in [0.5, 0.6) is 5.75 Å². The normalized spacial score (nSPS) is 10.8. The van der Waals surface area contributed by atoms with Gasteiger partial charge in [0, 0.05) is 24.0 Å². The Morgan fingerprint density at radius 1 is 1.35 bits per heavy atom. The lowest BCUT2D eigenvalue weighted by Gasteiger charge is -2.11. The van der Waals surface area contributed by atoms with Crippen LogP contribution in [0, 0.1) is 0 Å². The van der Waals surface area contributed by atoms with Crippen LogP contribution in [0.25, 0.3) is 0 Å². The third kappa shape index (κ3) is 5.63. The zero-order chi connectivity index (χ0) is 16.7. The van der Waals surface area contributed by atoms with E-state index in [1.165, 1.54) is 11.3 Å². The lowest BCUT2D eigenvalue weighted by atomic mass is 10.3. The van der Waals surface area contributed by atoms with Gasteiger partial charge < -0.3 is 20.7 Å². The van der Waals surface area contributed by atoms with Gasteiger partial charge in [-0.3, -0.25) is 4.79 Å². The molecule has 0 aliphatic carbocycles. The van der Waals surface area contributed by atoms with Crippen LogP contribution >= 0.6 is 11.3 Å². The summed E-state index contributed by atoms with van der Waals surface area (Å²) < 4.78 is 5.61. The molecule has 2 rings (SSSR count). The van der Waals surface area contributed by atoms with E-state index in [9.17, 15) is 4.79 Å². The Morgan fingerprint density at radius 3 is 2.74 bits per heavy atom. The fourth-order valence-electron chi connectivity index (χ4n) is 1.83. The number of ether oxygens (including phenoxy) is 1. The Hall–Kier alpha value is -1.96. The van der Waals surface area contributed by atoms with E-state index in [4.69, 9.17) is 10.5 Å². The van der Waals surface area contributed by atoms with Gasteiger partial charge in [-0.25, -0.2) is 4.98 Å². The van der Waals surface area contributed by atoms with Gasteiger partial charge >= 0.3 is 0 Å². The van der Waals surface area contributed by atoms with Gasteiger partial charge in [-0.1, -0.05) is 0 Å². The second kappa shape index (κ2) is 8.61. The summed E-state index contributed by atoms with van der Waals surface area (Å²) in [7, 11) is 4.00. The van der Waals surface area contributed by atoms with Gasteiger partial charge in [-0.15, -0.1) is 11.3 Å². The molecule has 1 aromatic carbocycles. The molecule has 1 aromatic heterocycles. The van der Waals surface area contributed by atoms with Crippen molar-refractivity contribution in [1.29, 1.82) is 0 Å². The first-order valence-corrected chi connectivity index (χ1v) is 8.30. The van der Waals surface area contributed by atoms with E-state index >= 15 is 0 Å². The Morgan fingerprint density at radius 2 is 2.09 bits per heavy atom. The zero-order valence-corrected chi connectivity index (χ0v) is 14.2. The molecule has 0 atom stereocenters. The van der Waals surface area contributed by atoms with Gasteiger partial charge in [0.2, 0.25) is 0 Å². The number of carbonyl (C=O) groups is 1. The molecule has 23 heavy (non-hydrogen) atoms. The highest BCUT2D eigenvalue weighted by Gasteiger charge is 2.10. The second-order valence-corrected chi connectivity index (χ2v) is 6.24. The summed E-state index contributed by atoms with van der Waals surface area (Å²) in [5.41, 5.74) is 6.62. The summed E-state index contributed by atoms with van der Waals surface area (Å²) in [6.07, 6.45) is 0.691. The van der Waals surface area contributed by atoms with Crippen molar-refractivity contribution in [3.63, 3.8) is 0 Å². The third-order valence-corrected chi connectivity index (χ3v) is 3.97. The van der Waals surface area contributed by atoms with Crippen LogP contribution in [-0.2, 0) is 6.42 Å². The monoisotopic (exact) mass is 334 g/mol. The first kappa shape index (κ1) is 17.4. The lowest BCUT2D eigenvalue weighted by Crippen LogP contribution is -2.19. The van der Waals surface area contributed by atoms with E-state index < -0.39 is 0 Å². The van der Waals surface area contributed by atoms with Crippen LogP contribution in [0.1, 0.15) is 15.5 Å². The van der Waals surface area contributed by atoms with Crippen molar-refractivity contribution in [2.75, 3.05) is 39.1 Å². The third-order valence-electron chi connectivity index (χ3n) is 3.06. The number of nitrogens with zero attached hydrogens (tertiary/aromatic N) is 2. The molecule has 2 aromatic rings. The first-order valence-electron chi connectivity index (χ1n) is 7.42. The van der Waals surface area contributed by atoms with Crippen molar-refractivity contribution in [1.82, 2.24) is 9.88 Å². The van der Waals surface area contributed by atoms with E-state index in [0.717, 1.165) is 17.3 Å². The maximum atomic E-state index is 12.1. The minimum Gasteiger partial charge on any atom is -0.492 e. The number of anilines is 1. The largest absolute Gasteiger partial charge is 0.492 e. The predicted octanol–water partition coefficient (Wildman–Crippen LogP) is 1.84.